The van der Waals surface area contributed by atoms with Crippen molar-refractivity contribution in [2.24, 2.45) is 0 Å². The summed E-state index contributed by atoms with van der Waals surface area (Å²) < 4.78 is 14.0. The number of imidazole rings is 1. The van der Waals surface area contributed by atoms with Crippen molar-refractivity contribution in [3.05, 3.63) is 83.1 Å². The second-order valence-electron chi connectivity index (χ2n) is 10.8. The summed E-state index contributed by atoms with van der Waals surface area (Å²) in [7, 11) is 1.61. The Hall–Kier alpha value is -4.99. The van der Waals surface area contributed by atoms with Gasteiger partial charge < -0.3 is 25.4 Å². The number of nitriles is 1. The summed E-state index contributed by atoms with van der Waals surface area (Å²) >= 11 is 0. The summed E-state index contributed by atoms with van der Waals surface area (Å²) in [6, 6.07) is 18.2. The minimum Gasteiger partial charge on any atom is -0.457 e. The number of para-hydroxylation sites is 1. The Morgan fingerprint density at radius 1 is 1.16 bits per heavy atom. The maximum Gasteiger partial charge on any atom is 0.335 e. The van der Waals surface area contributed by atoms with Gasteiger partial charge in [-0.3, -0.25) is 13.9 Å². The van der Waals surface area contributed by atoms with Crippen LogP contribution in [0.2, 0.25) is 0 Å². The van der Waals surface area contributed by atoms with Crippen molar-refractivity contribution in [2.45, 2.75) is 38.4 Å². The van der Waals surface area contributed by atoms with E-state index in [0.29, 0.717) is 54.5 Å². The number of nitrogen functional groups attached to an aromatic ring is 1. The molecule has 1 aliphatic heterocycles. The lowest BCUT2D eigenvalue weighted by Gasteiger charge is -2.41. The fourth-order valence-electron chi connectivity index (χ4n) is 5.09. The number of fused-ring (bicyclic) bond motifs is 1. The summed E-state index contributed by atoms with van der Waals surface area (Å²) in [5, 5.41) is 13.1. The van der Waals surface area contributed by atoms with Gasteiger partial charge in [0.2, 0.25) is 0 Å². The zero-order chi connectivity index (χ0) is 30.6. The van der Waals surface area contributed by atoms with Crippen LogP contribution in [-0.4, -0.2) is 68.3 Å². The predicted molar refractivity (Wildman–Crippen MR) is 162 cm³/mol. The Bertz CT molecular complexity index is 1740. The molecule has 1 saturated heterocycles. The van der Waals surface area contributed by atoms with E-state index in [9.17, 15) is 14.9 Å². The highest BCUT2D eigenvalue weighted by molar-refractivity contribution is 5.98. The van der Waals surface area contributed by atoms with Crippen LogP contribution in [0.1, 0.15) is 20.3 Å². The van der Waals surface area contributed by atoms with Gasteiger partial charge in [0.05, 0.1) is 18.3 Å². The number of anilines is 1. The Kier molecular flexibility index (Phi) is 8.56. The Morgan fingerprint density at radius 3 is 2.53 bits per heavy atom. The molecule has 5 rings (SSSR count). The molecule has 4 aromatic rings. The highest BCUT2D eigenvalue weighted by atomic mass is 16.5. The number of carbonyl (C=O) groups excluding carboxylic acids is 1. The molecule has 1 aliphatic rings. The van der Waals surface area contributed by atoms with Crippen LogP contribution in [0.25, 0.3) is 16.9 Å². The molecule has 43 heavy (non-hydrogen) atoms. The molecule has 0 bridgehead atoms. The van der Waals surface area contributed by atoms with Gasteiger partial charge in [-0.1, -0.05) is 18.2 Å². The summed E-state index contributed by atoms with van der Waals surface area (Å²) in [4.78, 5) is 37.4. The van der Waals surface area contributed by atoms with E-state index in [4.69, 9.17) is 15.2 Å². The zero-order valence-electron chi connectivity index (χ0n) is 24.4. The number of nitrogens with one attached hydrogen (secondary N) is 1. The normalized spacial score (nSPS) is 15.3. The summed E-state index contributed by atoms with van der Waals surface area (Å²) in [5.41, 5.74) is 6.64. The number of rotatable bonds is 11. The number of benzene rings is 2. The van der Waals surface area contributed by atoms with Crippen molar-refractivity contribution in [1.82, 2.24) is 29.3 Å². The third-order valence-corrected chi connectivity index (χ3v) is 7.35. The van der Waals surface area contributed by atoms with Crippen LogP contribution in [-0.2, 0) is 16.1 Å². The van der Waals surface area contributed by atoms with E-state index in [1.807, 2.05) is 44.2 Å². The predicted octanol–water partition coefficient (Wildman–Crippen LogP) is 3.02. The quantitative estimate of drug-likeness (QED) is 0.154. The SMILES string of the molecule is COCCNC(C)(C)/C=C(/C#N)C(=O)N1CC[C@H]1Cn1c(=O)n(-c2ccc(Oc3ccccc3)cc2)c2c(N)ncnc21. The minimum absolute atomic E-state index is 0.0405. The van der Waals surface area contributed by atoms with Gasteiger partial charge >= 0.3 is 5.69 Å². The van der Waals surface area contributed by atoms with Crippen LogP contribution in [0.5, 0.6) is 11.5 Å². The topological polar surface area (TPSA) is 153 Å². The van der Waals surface area contributed by atoms with Crippen molar-refractivity contribution < 1.29 is 14.3 Å². The molecule has 0 unspecified atom stereocenters. The van der Waals surface area contributed by atoms with E-state index in [1.165, 1.54) is 15.5 Å². The molecule has 3 N–H and O–H groups in total. The molecule has 0 aliphatic carbocycles. The molecular weight excluding hydrogens is 548 g/mol. The lowest BCUT2D eigenvalue weighted by atomic mass is 9.97. The van der Waals surface area contributed by atoms with E-state index in [-0.39, 0.29) is 35.6 Å². The molecule has 1 amide bonds. The number of likely N-dealkylation sites (tertiary alicyclic amines) is 1. The van der Waals surface area contributed by atoms with E-state index >= 15 is 0 Å². The molecule has 12 nitrogen and oxygen atoms in total. The Morgan fingerprint density at radius 2 is 1.88 bits per heavy atom. The second kappa shape index (κ2) is 12.5. The lowest BCUT2D eigenvalue weighted by molar-refractivity contribution is -0.134. The van der Waals surface area contributed by atoms with Gasteiger partial charge in [0.15, 0.2) is 11.5 Å². The van der Waals surface area contributed by atoms with Gasteiger partial charge in [-0.15, -0.1) is 0 Å². The van der Waals surface area contributed by atoms with Crippen LogP contribution in [0, 0.1) is 11.3 Å². The largest absolute Gasteiger partial charge is 0.457 e. The smallest absolute Gasteiger partial charge is 0.335 e. The summed E-state index contributed by atoms with van der Waals surface area (Å²) in [5.74, 6) is 1.09. The standard InChI is InChI=1S/C31H34N8O4/c1-31(2,36-14-16-42-3)17-21(18-32)29(40)37-15-13-23(37)19-38-28-26(27(33)34-20-35-28)39(30(38)41)22-9-11-25(12-10-22)43-24-7-5-4-6-8-24/h4-12,17,20,23,36H,13-16,19H2,1-3H3,(H2,33,34,35)/b21-17-/t23-/m0/s1. The van der Waals surface area contributed by atoms with Gasteiger partial charge in [-0.2, -0.15) is 5.26 Å². The monoisotopic (exact) mass is 582 g/mol. The molecule has 1 fully saturated rings. The molecule has 12 heteroatoms. The third-order valence-electron chi connectivity index (χ3n) is 7.35. The zero-order valence-corrected chi connectivity index (χ0v) is 24.4. The molecule has 0 radical (unpaired) electrons. The molecular formula is C31H34N8O4. The number of aromatic nitrogens is 4. The molecule has 2 aromatic carbocycles. The highest BCUT2D eigenvalue weighted by Crippen LogP contribution is 2.27. The van der Waals surface area contributed by atoms with Gasteiger partial charge in [0.1, 0.15) is 35.0 Å². The number of hydrogen-bond acceptors (Lipinski definition) is 9. The molecule has 222 valence electrons. The number of nitrogens with zero attached hydrogens (tertiary/aromatic N) is 6. The maximum absolute atomic E-state index is 13.9. The lowest BCUT2D eigenvalue weighted by Crippen LogP contribution is -2.54. The molecule has 2 aromatic heterocycles. The minimum atomic E-state index is -0.597. The highest BCUT2D eigenvalue weighted by Gasteiger charge is 2.36. The average molecular weight is 583 g/mol. The van der Waals surface area contributed by atoms with E-state index in [1.54, 1.807) is 42.4 Å². The van der Waals surface area contributed by atoms with Crippen LogP contribution in [0.3, 0.4) is 0 Å². The molecule has 1 atom stereocenters. The third kappa shape index (κ3) is 6.28. The van der Waals surface area contributed by atoms with Crippen molar-refractivity contribution in [3.8, 4) is 23.3 Å². The van der Waals surface area contributed by atoms with Crippen LogP contribution >= 0.6 is 0 Å². The maximum atomic E-state index is 13.9. The average Bonchev–Trinajstić information content (AvgIpc) is 3.27. The number of carbonyl (C=O) groups is 1. The summed E-state index contributed by atoms with van der Waals surface area (Å²) in [6.07, 6.45) is 3.62. The second-order valence-corrected chi connectivity index (χ2v) is 10.8. The Labute approximate surface area is 249 Å². The van der Waals surface area contributed by atoms with E-state index in [0.717, 1.165) is 0 Å². The van der Waals surface area contributed by atoms with E-state index < -0.39 is 5.54 Å². The van der Waals surface area contributed by atoms with Crippen LogP contribution in [0.4, 0.5) is 5.82 Å². The number of ether oxygens (including phenoxy) is 2. The number of methoxy groups -OCH3 is 1. The van der Waals surface area contributed by atoms with Gasteiger partial charge in [0.25, 0.3) is 5.91 Å². The van der Waals surface area contributed by atoms with Gasteiger partial charge in [-0.05, 0) is 62.7 Å². The van der Waals surface area contributed by atoms with Gasteiger partial charge in [-0.25, -0.2) is 14.8 Å². The molecule has 0 saturated carbocycles. The first-order valence-corrected chi connectivity index (χ1v) is 14.0. The molecule has 0 spiro atoms. The first kappa shape index (κ1) is 29.5. The summed E-state index contributed by atoms with van der Waals surface area (Å²) in [6.45, 7) is 5.52. The number of nitrogens with two attached hydrogens (primary N) is 1. The molecule has 3 heterocycles. The first-order chi connectivity index (χ1) is 20.7. The van der Waals surface area contributed by atoms with Crippen molar-refractivity contribution in [1.29, 1.82) is 5.26 Å². The van der Waals surface area contributed by atoms with Crippen molar-refractivity contribution in [2.75, 3.05) is 32.5 Å². The fraction of sp³-hybridized carbons (Fsp3) is 0.323. The number of hydrogen-bond donors (Lipinski definition) is 2. The van der Waals surface area contributed by atoms with Gasteiger partial charge in [0, 0.05) is 32.3 Å². The number of amides is 1. The fourth-order valence-corrected chi connectivity index (χ4v) is 5.09. The first-order valence-electron chi connectivity index (χ1n) is 14.0. The Balaban J connectivity index is 1.41. The van der Waals surface area contributed by atoms with Crippen molar-refractivity contribution >= 4 is 22.9 Å². The van der Waals surface area contributed by atoms with E-state index in [2.05, 4.69) is 21.4 Å². The van der Waals surface area contributed by atoms with Crippen molar-refractivity contribution in [3.63, 3.8) is 0 Å². The van der Waals surface area contributed by atoms with Crippen LogP contribution in [0.15, 0.2) is 77.4 Å². The van der Waals surface area contributed by atoms with Crippen LogP contribution < -0.4 is 21.5 Å².